The number of Topliss-reactive ketones (excluding diaryl/α,β-unsaturated/α-hetero) is 2. The molecule has 0 heterocycles. The molecule has 4 atom stereocenters. The van der Waals surface area contributed by atoms with Gasteiger partial charge in [-0.15, -0.1) is 0 Å². The second kappa shape index (κ2) is 4.61. The molecule has 0 spiro atoms. The van der Waals surface area contributed by atoms with Gasteiger partial charge in [0, 0.05) is 14.2 Å². The van der Waals surface area contributed by atoms with Gasteiger partial charge in [-0.25, -0.2) is 0 Å². The van der Waals surface area contributed by atoms with E-state index < -0.39 is 26.0 Å². The fourth-order valence-electron chi connectivity index (χ4n) is 4.66. The van der Waals surface area contributed by atoms with Crippen LogP contribution in [0.25, 0.3) is 0 Å². The Labute approximate surface area is 135 Å². The van der Waals surface area contributed by atoms with Crippen molar-refractivity contribution in [2.24, 2.45) is 11.8 Å². The summed E-state index contributed by atoms with van der Waals surface area (Å²) in [6.07, 6.45) is 5.12. The van der Waals surface area contributed by atoms with E-state index >= 15 is 0 Å². The zero-order valence-corrected chi connectivity index (χ0v) is 14.8. The molecule has 0 aromatic heterocycles. The summed E-state index contributed by atoms with van der Waals surface area (Å²) in [6, 6.07) is 0. The lowest BCUT2D eigenvalue weighted by Gasteiger charge is -2.39. The SMILES string of the molecule is COC1(OC)[C@@]2(Br)C(=O)C(=O)[C@]1(Br)[C@@H]1CCCCC[C@@H]12. The first-order valence-corrected chi connectivity index (χ1v) is 8.57. The lowest BCUT2D eigenvalue weighted by molar-refractivity contribution is -0.217. The molecule has 6 heteroatoms. The van der Waals surface area contributed by atoms with Crippen LogP contribution in [-0.4, -0.2) is 40.2 Å². The summed E-state index contributed by atoms with van der Waals surface area (Å²) in [5.74, 6) is -1.97. The summed E-state index contributed by atoms with van der Waals surface area (Å²) in [6.45, 7) is 0. The third-order valence-corrected chi connectivity index (χ3v) is 8.38. The minimum absolute atomic E-state index is 0.0643. The second-order valence-corrected chi connectivity index (χ2v) is 8.46. The first-order chi connectivity index (χ1) is 9.41. The Kier molecular flexibility index (Phi) is 3.48. The van der Waals surface area contributed by atoms with E-state index in [-0.39, 0.29) is 11.8 Å². The van der Waals surface area contributed by atoms with Crippen molar-refractivity contribution in [3.63, 3.8) is 0 Å². The Morgan fingerprint density at radius 2 is 1.30 bits per heavy atom. The number of hydrogen-bond acceptors (Lipinski definition) is 4. The number of halogens is 2. The highest BCUT2D eigenvalue weighted by Crippen LogP contribution is 2.71. The minimum atomic E-state index is -1.26. The van der Waals surface area contributed by atoms with E-state index in [1.165, 1.54) is 14.2 Å². The van der Waals surface area contributed by atoms with Crippen LogP contribution >= 0.6 is 31.9 Å². The van der Waals surface area contributed by atoms with Gasteiger partial charge in [0.05, 0.1) is 0 Å². The number of ether oxygens (including phenoxy) is 2. The predicted octanol–water partition coefficient (Wildman–Crippen LogP) is 2.60. The van der Waals surface area contributed by atoms with Crippen LogP contribution in [0.5, 0.6) is 0 Å². The molecule has 2 bridgehead atoms. The van der Waals surface area contributed by atoms with Crippen molar-refractivity contribution < 1.29 is 19.1 Å². The summed E-state index contributed by atoms with van der Waals surface area (Å²) in [5.41, 5.74) is 0. The molecule has 3 rings (SSSR count). The number of alkyl halides is 2. The molecule has 20 heavy (non-hydrogen) atoms. The molecule has 0 radical (unpaired) electrons. The Hall–Kier alpha value is 0.220. The highest BCUT2D eigenvalue weighted by atomic mass is 79.9. The Morgan fingerprint density at radius 3 is 1.65 bits per heavy atom. The molecule has 0 aliphatic heterocycles. The average Bonchev–Trinajstić information content (AvgIpc) is 2.68. The van der Waals surface area contributed by atoms with E-state index in [1.54, 1.807) is 0 Å². The van der Waals surface area contributed by atoms with Crippen LogP contribution in [0.3, 0.4) is 0 Å². The van der Waals surface area contributed by atoms with Gasteiger partial charge in [-0.3, -0.25) is 9.59 Å². The zero-order chi connectivity index (χ0) is 14.8. The van der Waals surface area contributed by atoms with E-state index in [0.717, 1.165) is 32.1 Å². The lowest BCUT2D eigenvalue weighted by Crippen LogP contribution is -2.57. The molecule has 4 nitrogen and oxygen atoms in total. The van der Waals surface area contributed by atoms with Gasteiger partial charge in [0.25, 0.3) is 0 Å². The van der Waals surface area contributed by atoms with Gasteiger partial charge >= 0.3 is 0 Å². The normalized spacial score (nSPS) is 46.4. The number of carbonyl (C=O) groups is 2. The molecule has 0 N–H and O–H groups in total. The van der Waals surface area contributed by atoms with Gasteiger partial charge < -0.3 is 9.47 Å². The standard InChI is InChI=1S/C14H18Br2O4/c1-19-14(20-2)12(15)8-6-4-3-5-7-9(8)13(14,16)11(18)10(12)17/h8-9H,3-7H2,1-2H3/t8-,9+,12-,13+. The van der Waals surface area contributed by atoms with Crippen molar-refractivity contribution in [3.05, 3.63) is 0 Å². The van der Waals surface area contributed by atoms with Crippen LogP contribution in [0.15, 0.2) is 0 Å². The van der Waals surface area contributed by atoms with E-state index in [0.29, 0.717) is 0 Å². The average molecular weight is 410 g/mol. The Balaban J connectivity index is 2.25. The monoisotopic (exact) mass is 408 g/mol. The number of carbonyl (C=O) groups excluding carboxylic acids is 2. The maximum atomic E-state index is 12.6. The van der Waals surface area contributed by atoms with Crippen LogP contribution in [0.1, 0.15) is 32.1 Å². The van der Waals surface area contributed by atoms with Gasteiger partial charge in [0.1, 0.15) is 0 Å². The molecule has 112 valence electrons. The molecular weight excluding hydrogens is 392 g/mol. The molecule has 3 aliphatic carbocycles. The van der Waals surface area contributed by atoms with Crippen LogP contribution in [-0.2, 0) is 19.1 Å². The summed E-state index contributed by atoms with van der Waals surface area (Å²) < 4.78 is 9.17. The number of fused-ring (bicyclic) bond motifs is 5. The van der Waals surface area contributed by atoms with Gasteiger partial charge in [-0.2, -0.15) is 0 Å². The summed E-state index contributed by atoms with van der Waals surface area (Å²) in [7, 11) is 3.01. The molecule has 0 amide bonds. The molecular formula is C14H18Br2O4. The van der Waals surface area contributed by atoms with E-state index in [4.69, 9.17) is 9.47 Å². The number of hydrogen-bond donors (Lipinski definition) is 0. The molecule has 0 unspecified atom stereocenters. The topological polar surface area (TPSA) is 52.6 Å². The number of methoxy groups -OCH3 is 2. The lowest BCUT2D eigenvalue weighted by atomic mass is 9.75. The third kappa shape index (κ3) is 1.31. The smallest absolute Gasteiger partial charge is 0.222 e. The zero-order valence-electron chi connectivity index (χ0n) is 11.6. The van der Waals surface area contributed by atoms with Crippen molar-refractivity contribution in [2.45, 2.75) is 46.5 Å². The van der Waals surface area contributed by atoms with E-state index in [1.807, 2.05) is 0 Å². The van der Waals surface area contributed by atoms with Crippen molar-refractivity contribution in [1.29, 1.82) is 0 Å². The molecule has 0 saturated heterocycles. The maximum absolute atomic E-state index is 12.6. The van der Waals surface area contributed by atoms with Gasteiger partial charge in [-0.1, -0.05) is 51.1 Å². The van der Waals surface area contributed by atoms with Crippen LogP contribution < -0.4 is 0 Å². The third-order valence-electron chi connectivity index (χ3n) is 5.44. The first kappa shape index (κ1) is 15.1. The fraction of sp³-hybridized carbons (Fsp3) is 0.857. The highest BCUT2D eigenvalue weighted by molar-refractivity contribution is 9.11. The summed E-state index contributed by atoms with van der Waals surface area (Å²) >= 11 is 7.20. The molecule has 3 saturated carbocycles. The van der Waals surface area contributed by atoms with E-state index in [2.05, 4.69) is 31.9 Å². The predicted molar refractivity (Wildman–Crippen MR) is 80.1 cm³/mol. The first-order valence-electron chi connectivity index (χ1n) is 6.99. The van der Waals surface area contributed by atoms with Gasteiger partial charge in [-0.05, 0) is 24.7 Å². The maximum Gasteiger partial charge on any atom is 0.222 e. The van der Waals surface area contributed by atoms with Crippen molar-refractivity contribution in [2.75, 3.05) is 14.2 Å². The quantitative estimate of drug-likeness (QED) is 0.399. The fourth-order valence-corrected chi connectivity index (χ4v) is 7.65. The van der Waals surface area contributed by atoms with Crippen LogP contribution in [0.2, 0.25) is 0 Å². The largest absolute Gasteiger partial charge is 0.350 e. The van der Waals surface area contributed by atoms with E-state index in [9.17, 15) is 9.59 Å². The number of rotatable bonds is 2. The van der Waals surface area contributed by atoms with Crippen molar-refractivity contribution in [3.8, 4) is 0 Å². The van der Waals surface area contributed by atoms with Crippen molar-refractivity contribution >= 4 is 43.4 Å². The summed E-state index contributed by atoms with van der Waals surface area (Å²) in [5, 5.41) is 0. The minimum Gasteiger partial charge on any atom is -0.350 e. The molecule has 0 aromatic carbocycles. The number of ketones is 2. The van der Waals surface area contributed by atoms with Crippen LogP contribution in [0.4, 0.5) is 0 Å². The Bertz CT molecular complexity index is 438. The van der Waals surface area contributed by atoms with Crippen LogP contribution in [0, 0.1) is 11.8 Å². The summed E-state index contributed by atoms with van der Waals surface area (Å²) in [4.78, 5) is 25.2. The molecule has 3 aliphatic rings. The van der Waals surface area contributed by atoms with Gasteiger partial charge in [0.2, 0.25) is 17.4 Å². The Morgan fingerprint density at radius 1 is 0.900 bits per heavy atom. The van der Waals surface area contributed by atoms with Crippen molar-refractivity contribution in [1.82, 2.24) is 0 Å². The van der Waals surface area contributed by atoms with Gasteiger partial charge in [0.15, 0.2) is 8.65 Å². The second-order valence-electron chi connectivity index (χ2n) is 5.96. The highest BCUT2D eigenvalue weighted by Gasteiger charge is 2.88. The molecule has 0 aromatic rings. The molecule has 3 fully saturated rings.